The van der Waals surface area contributed by atoms with Crippen molar-refractivity contribution in [1.29, 1.82) is 0 Å². The number of nitro benzene ring substituents is 2. The Hall–Kier alpha value is -4.60. The van der Waals surface area contributed by atoms with E-state index in [1.54, 1.807) is 13.0 Å². The molecule has 0 heterocycles. The average molecular weight is 478 g/mol. The van der Waals surface area contributed by atoms with Crippen LogP contribution in [0, 0.1) is 27.2 Å². The van der Waals surface area contributed by atoms with E-state index in [-0.39, 0.29) is 39.9 Å². The fourth-order valence-corrected chi connectivity index (χ4v) is 3.34. The van der Waals surface area contributed by atoms with Gasteiger partial charge < -0.3 is 9.47 Å². The summed E-state index contributed by atoms with van der Waals surface area (Å²) in [6, 6.07) is 13.1. The maximum Gasteiger partial charge on any atom is 0.343 e. The number of carbonyl (C=O) groups is 2. The fraction of sp³-hybridized carbons (Fsp3) is 0.200. The van der Waals surface area contributed by atoms with Crippen LogP contribution in [0.3, 0.4) is 0 Å². The fourth-order valence-electron chi connectivity index (χ4n) is 3.34. The van der Waals surface area contributed by atoms with Gasteiger partial charge in [-0.3, -0.25) is 20.2 Å². The SMILES string of the molecule is CC[C@H](C)c1cc(OC(=O)c2ccc([N+](=O)[O-])cc2)cc(OC(=O)c2ccc([N+](=O)[O-])cc2)c1C. The van der Waals surface area contributed by atoms with Crippen LogP contribution in [0.15, 0.2) is 60.7 Å². The number of non-ortho nitro benzene ring substituents is 2. The molecule has 0 N–H and O–H groups in total. The molecule has 0 saturated carbocycles. The van der Waals surface area contributed by atoms with Crippen LogP contribution in [0.2, 0.25) is 0 Å². The van der Waals surface area contributed by atoms with Gasteiger partial charge in [0.25, 0.3) is 11.4 Å². The summed E-state index contributed by atoms with van der Waals surface area (Å²) >= 11 is 0. The van der Waals surface area contributed by atoms with Crippen LogP contribution in [0.5, 0.6) is 11.5 Å². The number of rotatable bonds is 8. The second-order valence-electron chi connectivity index (χ2n) is 7.83. The lowest BCUT2D eigenvalue weighted by Crippen LogP contribution is -2.12. The molecule has 10 heteroatoms. The Bertz CT molecular complexity index is 1280. The standard InChI is InChI=1S/C25H22N2O8/c1-4-15(2)22-13-21(34-24(28)17-5-9-19(10-6-17)26(30)31)14-23(16(22)3)35-25(29)18-7-11-20(12-8-18)27(32)33/h5-15H,4H2,1-3H3/t15-/m0/s1. The molecule has 0 saturated heterocycles. The molecule has 0 aliphatic rings. The Labute approximate surface area is 200 Å². The van der Waals surface area contributed by atoms with Gasteiger partial charge in [0.15, 0.2) is 0 Å². The number of hydrogen-bond donors (Lipinski definition) is 0. The number of carbonyl (C=O) groups excluding carboxylic acids is 2. The number of nitrogens with zero attached hydrogens (tertiary/aromatic N) is 2. The molecule has 0 amide bonds. The highest BCUT2D eigenvalue weighted by Gasteiger charge is 2.20. The van der Waals surface area contributed by atoms with Gasteiger partial charge in [-0.05, 0) is 60.7 Å². The first-order chi connectivity index (χ1) is 16.6. The summed E-state index contributed by atoms with van der Waals surface area (Å²) < 4.78 is 11.0. The number of esters is 2. The predicted molar refractivity (Wildman–Crippen MR) is 126 cm³/mol. The summed E-state index contributed by atoms with van der Waals surface area (Å²) in [5, 5.41) is 21.7. The van der Waals surface area contributed by atoms with Crippen molar-refractivity contribution in [2.75, 3.05) is 0 Å². The van der Waals surface area contributed by atoms with Gasteiger partial charge in [-0.1, -0.05) is 13.8 Å². The molecule has 0 spiro atoms. The summed E-state index contributed by atoms with van der Waals surface area (Å²) in [4.78, 5) is 45.8. The van der Waals surface area contributed by atoms with Crippen molar-refractivity contribution in [2.24, 2.45) is 0 Å². The first-order valence-corrected chi connectivity index (χ1v) is 10.7. The maximum absolute atomic E-state index is 12.7. The van der Waals surface area contributed by atoms with Gasteiger partial charge in [0.2, 0.25) is 0 Å². The molecule has 0 aliphatic heterocycles. The van der Waals surface area contributed by atoms with Crippen LogP contribution in [0.1, 0.15) is 58.0 Å². The number of hydrogen-bond acceptors (Lipinski definition) is 8. The largest absolute Gasteiger partial charge is 0.423 e. The molecule has 3 aromatic carbocycles. The summed E-state index contributed by atoms with van der Waals surface area (Å²) in [5.74, 6) is -1.08. The van der Waals surface area contributed by atoms with Gasteiger partial charge in [-0.25, -0.2) is 9.59 Å². The molecule has 0 aliphatic carbocycles. The zero-order chi connectivity index (χ0) is 25.7. The first-order valence-electron chi connectivity index (χ1n) is 10.7. The van der Waals surface area contributed by atoms with E-state index in [2.05, 4.69) is 0 Å². The molecule has 10 nitrogen and oxygen atoms in total. The highest BCUT2D eigenvalue weighted by molar-refractivity contribution is 5.92. The van der Waals surface area contributed by atoms with Crippen molar-refractivity contribution in [3.05, 3.63) is 103 Å². The molecular formula is C25H22N2O8. The molecule has 3 aromatic rings. The van der Waals surface area contributed by atoms with Crippen molar-refractivity contribution in [3.63, 3.8) is 0 Å². The lowest BCUT2D eigenvalue weighted by molar-refractivity contribution is -0.385. The maximum atomic E-state index is 12.7. The smallest absolute Gasteiger partial charge is 0.343 e. The second kappa shape index (κ2) is 10.6. The Kier molecular flexibility index (Phi) is 7.55. The number of benzene rings is 3. The van der Waals surface area contributed by atoms with Gasteiger partial charge in [-0.2, -0.15) is 0 Å². The van der Waals surface area contributed by atoms with E-state index >= 15 is 0 Å². The number of nitro groups is 2. The monoisotopic (exact) mass is 478 g/mol. The normalized spacial score (nSPS) is 11.4. The van der Waals surface area contributed by atoms with E-state index in [9.17, 15) is 29.8 Å². The molecule has 180 valence electrons. The Morgan fingerprint density at radius 1 is 0.829 bits per heavy atom. The minimum Gasteiger partial charge on any atom is -0.423 e. The van der Waals surface area contributed by atoms with Crippen molar-refractivity contribution < 1.29 is 28.9 Å². The van der Waals surface area contributed by atoms with E-state index in [0.29, 0.717) is 5.56 Å². The topological polar surface area (TPSA) is 139 Å². The Morgan fingerprint density at radius 3 is 1.71 bits per heavy atom. The molecule has 0 unspecified atom stereocenters. The Morgan fingerprint density at radius 2 is 1.29 bits per heavy atom. The summed E-state index contributed by atoms with van der Waals surface area (Å²) in [6.45, 7) is 5.75. The minimum atomic E-state index is -0.730. The third-order valence-electron chi connectivity index (χ3n) is 5.56. The van der Waals surface area contributed by atoms with Crippen LogP contribution in [0.4, 0.5) is 11.4 Å². The highest BCUT2D eigenvalue weighted by atomic mass is 16.6. The zero-order valence-electron chi connectivity index (χ0n) is 19.2. The molecule has 1 atom stereocenters. The molecule has 0 radical (unpaired) electrons. The van der Waals surface area contributed by atoms with Crippen molar-refractivity contribution in [3.8, 4) is 11.5 Å². The van der Waals surface area contributed by atoms with Gasteiger partial charge in [0.05, 0.1) is 21.0 Å². The summed E-state index contributed by atoms with van der Waals surface area (Å²) in [7, 11) is 0. The lowest BCUT2D eigenvalue weighted by atomic mass is 9.93. The average Bonchev–Trinajstić information content (AvgIpc) is 2.85. The van der Waals surface area contributed by atoms with Crippen LogP contribution in [-0.2, 0) is 0 Å². The van der Waals surface area contributed by atoms with Crippen molar-refractivity contribution in [2.45, 2.75) is 33.1 Å². The van der Waals surface area contributed by atoms with E-state index < -0.39 is 21.8 Å². The third kappa shape index (κ3) is 5.85. The van der Waals surface area contributed by atoms with Crippen LogP contribution in [-0.4, -0.2) is 21.8 Å². The lowest BCUT2D eigenvalue weighted by Gasteiger charge is -2.18. The Balaban J connectivity index is 1.90. The van der Waals surface area contributed by atoms with E-state index in [4.69, 9.17) is 9.47 Å². The quantitative estimate of drug-likeness (QED) is 0.172. The van der Waals surface area contributed by atoms with Gasteiger partial charge in [0, 0.05) is 30.3 Å². The molecule has 0 bridgehead atoms. The van der Waals surface area contributed by atoms with Crippen LogP contribution >= 0.6 is 0 Å². The summed E-state index contributed by atoms with van der Waals surface area (Å²) in [6.07, 6.45) is 0.774. The van der Waals surface area contributed by atoms with E-state index in [1.165, 1.54) is 54.6 Å². The first kappa shape index (κ1) is 25.0. The summed E-state index contributed by atoms with van der Waals surface area (Å²) in [5.41, 5.74) is 1.42. The molecule has 0 aromatic heterocycles. The number of ether oxygens (including phenoxy) is 2. The van der Waals surface area contributed by atoms with E-state index in [1.807, 2.05) is 13.8 Å². The van der Waals surface area contributed by atoms with Crippen LogP contribution in [0.25, 0.3) is 0 Å². The van der Waals surface area contributed by atoms with Gasteiger partial charge in [0.1, 0.15) is 11.5 Å². The minimum absolute atomic E-state index is 0.0600. The van der Waals surface area contributed by atoms with Crippen molar-refractivity contribution >= 4 is 23.3 Å². The second-order valence-corrected chi connectivity index (χ2v) is 7.83. The van der Waals surface area contributed by atoms with E-state index in [0.717, 1.165) is 12.0 Å². The van der Waals surface area contributed by atoms with Gasteiger partial charge in [-0.15, -0.1) is 0 Å². The molecular weight excluding hydrogens is 456 g/mol. The third-order valence-corrected chi connectivity index (χ3v) is 5.56. The van der Waals surface area contributed by atoms with Gasteiger partial charge >= 0.3 is 11.9 Å². The highest BCUT2D eigenvalue weighted by Crippen LogP contribution is 2.35. The zero-order valence-corrected chi connectivity index (χ0v) is 19.2. The van der Waals surface area contributed by atoms with Crippen LogP contribution < -0.4 is 9.47 Å². The molecule has 35 heavy (non-hydrogen) atoms. The molecule has 0 fully saturated rings. The van der Waals surface area contributed by atoms with Crippen molar-refractivity contribution in [1.82, 2.24) is 0 Å². The molecule has 3 rings (SSSR count). The predicted octanol–water partition coefficient (Wildman–Crippen LogP) is 5.76.